The second-order valence-electron chi connectivity index (χ2n) is 14.9. The zero-order valence-electron chi connectivity index (χ0n) is 23.1. The molecular weight excluding hydrogens is 422 g/mol. The van der Waals surface area contributed by atoms with Gasteiger partial charge < -0.3 is 20.3 Å². The predicted molar refractivity (Wildman–Crippen MR) is 137 cm³/mol. The summed E-state index contributed by atoms with van der Waals surface area (Å²) in [4.78, 5) is 0. The van der Waals surface area contributed by atoms with Crippen LogP contribution >= 0.6 is 0 Å². The van der Waals surface area contributed by atoms with Gasteiger partial charge in [-0.15, -0.1) is 0 Å². The zero-order valence-corrected chi connectivity index (χ0v) is 23.1. The minimum absolute atomic E-state index is 0.171. The number of rotatable bonds is 5. The first-order valence-electron chi connectivity index (χ1n) is 14.6. The smallest absolute Gasteiger partial charge is 0.163 e. The van der Waals surface area contributed by atoms with Gasteiger partial charge in [-0.25, -0.2) is 0 Å². The molecule has 5 rings (SSSR count). The van der Waals surface area contributed by atoms with E-state index in [0.29, 0.717) is 11.3 Å². The Labute approximate surface area is 209 Å². The lowest BCUT2D eigenvalue weighted by atomic mass is 9.43. The van der Waals surface area contributed by atoms with Gasteiger partial charge in [0.25, 0.3) is 0 Å². The highest BCUT2D eigenvalue weighted by atomic mass is 16.8. The van der Waals surface area contributed by atoms with Crippen molar-refractivity contribution in [3.8, 4) is 0 Å². The zero-order chi connectivity index (χ0) is 24.7. The van der Waals surface area contributed by atoms with Gasteiger partial charge in [0, 0.05) is 12.0 Å². The third-order valence-corrected chi connectivity index (χ3v) is 11.8. The quantitative estimate of drug-likeness (QED) is 0.490. The summed E-state index contributed by atoms with van der Waals surface area (Å²) in [5.74, 6) is 3.91. The Balaban J connectivity index is 1.33. The van der Waals surface area contributed by atoms with Crippen molar-refractivity contribution in [2.24, 2.45) is 52.1 Å². The molecule has 196 valence electrons. The molecule has 0 radical (unpaired) electrons. The van der Waals surface area contributed by atoms with E-state index < -0.39 is 11.4 Å². The van der Waals surface area contributed by atoms with Gasteiger partial charge in [-0.3, -0.25) is 0 Å². The van der Waals surface area contributed by atoms with Gasteiger partial charge in [-0.05, 0) is 119 Å². The van der Waals surface area contributed by atoms with Crippen molar-refractivity contribution in [2.45, 2.75) is 142 Å². The van der Waals surface area contributed by atoms with Gasteiger partial charge in [0.15, 0.2) is 5.79 Å². The Morgan fingerprint density at radius 3 is 2.35 bits per heavy atom. The average Bonchev–Trinajstić information content (AvgIpc) is 3.21. The van der Waals surface area contributed by atoms with Gasteiger partial charge >= 0.3 is 0 Å². The first-order valence-corrected chi connectivity index (χ1v) is 14.6. The van der Waals surface area contributed by atoms with E-state index >= 15 is 0 Å². The number of nitrogens with two attached hydrogens (primary N) is 1. The van der Waals surface area contributed by atoms with Crippen molar-refractivity contribution in [3.63, 3.8) is 0 Å². The van der Waals surface area contributed by atoms with E-state index in [2.05, 4.69) is 34.6 Å². The Morgan fingerprint density at radius 1 is 0.971 bits per heavy atom. The van der Waals surface area contributed by atoms with Gasteiger partial charge in [-0.2, -0.15) is 0 Å². The lowest BCUT2D eigenvalue weighted by Crippen LogP contribution is -2.64. The van der Waals surface area contributed by atoms with Crippen LogP contribution in [0.15, 0.2) is 0 Å². The Kier molecular flexibility index (Phi) is 6.32. The number of aliphatic hydroxyl groups is 1. The van der Waals surface area contributed by atoms with Gasteiger partial charge in [-0.1, -0.05) is 33.6 Å². The predicted octanol–water partition coefficient (Wildman–Crippen LogP) is 6.29. The van der Waals surface area contributed by atoms with Crippen LogP contribution in [-0.4, -0.2) is 34.7 Å². The maximum Gasteiger partial charge on any atom is 0.163 e. The van der Waals surface area contributed by atoms with Crippen LogP contribution in [0.25, 0.3) is 0 Å². The van der Waals surface area contributed by atoms with Crippen molar-refractivity contribution < 1.29 is 14.6 Å². The molecule has 0 amide bonds. The molecule has 4 aliphatic carbocycles. The maximum atomic E-state index is 10.2. The molecule has 11 atom stereocenters. The number of hydrogen-bond acceptors (Lipinski definition) is 4. The summed E-state index contributed by atoms with van der Waals surface area (Å²) in [5, 5.41) is 10.2. The molecule has 5 fully saturated rings. The van der Waals surface area contributed by atoms with Gasteiger partial charge in [0.2, 0.25) is 0 Å². The van der Waals surface area contributed by atoms with E-state index in [0.717, 1.165) is 48.9 Å². The lowest BCUT2D eigenvalue weighted by Gasteiger charge is -2.63. The van der Waals surface area contributed by atoms with Crippen LogP contribution in [0.1, 0.15) is 113 Å². The Bertz CT molecular complexity index is 761. The molecule has 1 unspecified atom stereocenters. The molecule has 4 heteroatoms. The molecule has 0 spiro atoms. The molecule has 1 heterocycles. The average molecular weight is 476 g/mol. The summed E-state index contributed by atoms with van der Waals surface area (Å²) >= 11 is 0. The van der Waals surface area contributed by atoms with E-state index in [1.165, 1.54) is 44.9 Å². The molecule has 1 aliphatic heterocycles. The molecule has 3 N–H and O–H groups in total. The number of fused-ring (bicyclic) bond motifs is 7. The second kappa shape index (κ2) is 8.43. The van der Waals surface area contributed by atoms with Crippen molar-refractivity contribution in [2.75, 3.05) is 0 Å². The van der Waals surface area contributed by atoms with Crippen molar-refractivity contribution in [1.29, 1.82) is 0 Å². The molecule has 1 saturated heterocycles. The molecule has 0 aromatic carbocycles. The molecule has 0 aromatic rings. The molecule has 4 nitrogen and oxygen atoms in total. The van der Waals surface area contributed by atoms with Crippen molar-refractivity contribution >= 4 is 0 Å². The third kappa shape index (κ3) is 4.11. The van der Waals surface area contributed by atoms with Crippen LogP contribution in [0.5, 0.6) is 0 Å². The second-order valence-corrected chi connectivity index (χ2v) is 14.9. The fourth-order valence-corrected chi connectivity index (χ4v) is 10.5. The summed E-state index contributed by atoms with van der Waals surface area (Å²) in [5.41, 5.74) is 7.30. The highest BCUT2D eigenvalue weighted by Crippen LogP contribution is 2.69. The van der Waals surface area contributed by atoms with E-state index in [9.17, 15) is 5.11 Å². The van der Waals surface area contributed by atoms with E-state index in [1.54, 1.807) is 0 Å². The van der Waals surface area contributed by atoms with Crippen LogP contribution in [0.2, 0.25) is 0 Å². The Morgan fingerprint density at radius 2 is 1.65 bits per heavy atom. The van der Waals surface area contributed by atoms with Crippen LogP contribution in [-0.2, 0) is 9.47 Å². The first-order chi connectivity index (χ1) is 15.8. The fraction of sp³-hybridized carbons (Fsp3) is 1.00. The molecule has 5 aliphatic rings. The molecule has 0 aromatic heterocycles. The summed E-state index contributed by atoms with van der Waals surface area (Å²) in [6.07, 6.45) is 12.8. The molecular formula is C30H53NO3. The largest absolute Gasteiger partial charge is 0.390 e. The van der Waals surface area contributed by atoms with E-state index in [4.69, 9.17) is 15.2 Å². The number of ether oxygens (including phenoxy) is 2. The molecule has 34 heavy (non-hydrogen) atoms. The fourth-order valence-electron chi connectivity index (χ4n) is 10.5. The monoisotopic (exact) mass is 475 g/mol. The first kappa shape index (κ1) is 25.5. The lowest BCUT2D eigenvalue weighted by molar-refractivity contribution is -0.175. The minimum Gasteiger partial charge on any atom is -0.390 e. The third-order valence-electron chi connectivity index (χ3n) is 11.8. The van der Waals surface area contributed by atoms with E-state index in [-0.39, 0.29) is 23.7 Å². The topological polar surface area (TPSA) is 64.7 Å². The van der Waals surface area contributed by atoms with Crippen LogP contribution in [0.4, 0.5) is 0 Å². The van der Waals surface area contributed by atoms with Gasteiger partial charge in [0.05, 0.1) is 17.8 Å². The van der Waals surface area contributed by atoms with Crippen LogP contribution < -0.4 is 5.73 Å². The summed E-state index contributed by atoms with van der Waals surface area (Å²) in [6.45, 7) is 15.8. The standard InChI is InChI=1S/C30H53NO3/c1-18(9-8-14-27(2,3)32)20-10-11-21-19-17-23(31)25-26-24(33-28(4,5)34-26)13-16-30(25,7)22(19)12-15-29(20,21)6/h18-26,32H,8-17,31H2,1-7H3/t18-,19+,20-,21+,22+,23?,24+,25+,26+,29-,30-/m1/s1. The molecule has 4 saturated carbocycles. The number of hydrogen-bond donors (Lipinski definition) is 2. The normalized spacial score (nSPS) is 50.7. The summed E-state index contributed by atoms with van der Waals surface area (Å²) in [7, 11) is 0. The maximum absolute atomic E-state index is 10.2. The van der Waals surface area contributed by atoms with E-state index in [1.807, 2.05) is 13.8 Å². The highest BCUT2D eigenvalue weighted by molar-refractivity contribution is 5.14. The van der Waals surface area contributed by atoms with Crippen LogP contribution in [0.3, 0.4) is 0 Å². The van der Waals surface area contributed by atoms with Crippen LogP contribution in [0, 0.1) is 46.3 Å². The highest BCUT2D eigenvalue weighted by Gasteiger charge is 2.65. The Hall–Kier alpha value is -0.160. The van der Waals surface area contributed by atoms with Gasteiger partial charge in [0.1, 0.15) is 0 Å². The minimum atomic E-state index is -0.535. The SMILES string of the molecule is C[C@H](CCCC(C)(C)O)[C@H]1CC[C@H]2[C@@H]3CC(N)[C@H]4[C@H]5OC(C)(C)O[C@H]5CC[C@]4(C)[C@H]3CC[C@]12C. The summed E-state index contributed by atoms with van der Waals surface area (Å²) in [6, 6.07) is 0.224. The van der Waals surface area contributed by atoms with Crippen molar-refractivity contribution in [1.82, 2.24) is 0 Å². The molecule has 0 bridgehead atoms. The summed E-state index contributed by atoms with van der Waals surface area (Å²) < 4.78 is 12.9. The van der Waals surface area contributed by atoms with Crippen molar-refractivity contribution in [3.05, 3.63) is 0 Å².